The minimum atomic E-state index is 0.796. The predicted octanol–water partition coefficient (Wildman–Crippen LogP) is 2.43. The molecule has 2 rings (SSSR count). The Morgan fingerprint density at radius 2 is 2.15 bits per heavy atom. The third kappa shape index (κ3) is 4.10. The Labute approximate surface area is 121 Å². The molecule has 0 saturated heterocycles. The Hall–Kier alpha value is -1.81. The maximum absolute atomic E-state index is 5.45. The van der Waals surface area contributed by atoms with Crippen molar-refractivity contribution in [2.75, 3.05) is 27.7 Å². The van der Waals surface area contributed by atoms with Crippen LogP contribution in [-0.2, 0) is 13.0 Å². The van der Waals surface area contributed by atoms with Crippen LogP contribution in [0.2, 0.25) is 0 Å². The summed E-state index contributed by atoms with van der Waals surface area (Å²) in [6, 6.07) is 6.47. The number of methoxy groups -OCH3 is 1. The number of benzene rings is 1. The molecule has 0 radical (unpaired) electrons. The van der Waals surface area contributed by atoms with Crippen LogP contribution in [0.25, 0.3) is 0 Å². The molecule has 0 aliphatic rings. The second-order valence-corrected chi connectivity index (χ2v) is 5.29. The van der Waals surface area contributed by atoms with E-state index in [1.54, 1.807) is 13.3 Å². The van der Waals surface area contributed by atoms with E-state index in [-0.39, 0.29) is 0 Å². The molecule has 4 nitrogen and oxygen atoms in total. The lowest BCUT2D eigenvalue weighted by atomic mass is 10.1. The van der Waals surface area contributed by atoms with Gasteiger partial charge in [0.25, 0.3) is 0 Å². The van der Waals surface area contributed by atoms with Gasteiger partial charge in [0.15, 0.2) is 0 Å². The second-order valence-electron chi connectivity index (χ2n) is 5.29. The van der Waals surface area contributed by atoms with Crippen molar-refractivity contribution in [3.05, 3.63) is 48.0 Å². The highest BCUT2D eigenvalue weighted by Gasteiger charge is 2.05. The molecule has 2 aromatic rings. The first-order chi connectivity index (χ1) is 9.69. The molecule has 0 N–H and O–H groups in total. The number of nitrogens with zero attached hydrogens (tertiary/aromatic N) is 3. The van der Waals surface area contributed by atoms with Crippen molar-refractivity contribution < 1.29 is 4.74 Å². The zero-order valence-corrected chi connectivity index (χ0v) is 12.5. The molecule has 4 heteroatoms. The Bertz CT molecular complexity index is 521. The number of aryl methyl sites for hydroxylation is 1. The van der Waals surface area contributed by atoms with Gasteiger partial charge in [-0.25, -0.2) is 4.98 Å². The van der Waals surface area contributed by atoms with Crippen LogP contribution >= 0.6 is 0 Å². The van der Waals surface area contributed by atoms with Gasteiger partial charge < -0.3 is 14.2 Å². The summed E-state index contributed by atoms with van der Waals surface area (Å²) in [5, 5.41) is 0. The summed E-state index contributed by atoms with van der Waals surface area (Å²) < 4.78 is 7.51. The van der Waals surface area contributed by atoms with E-state index in [2.05, 4.69) is 46.7 Å². The van der Waals surface area contributed by atoms with Crippen LogP contribution in [0.15, 0.2) is 36.9 Å². The van der Waals surface area contributed by atoms with Gasteiger partial charge in [-0.05, 0) is 45.1 Å². The van der Waals surface area contributed by atoms with Gasteiger partial charge in [-0.1, -0.05) is 12.1 Å². The Morgan fingerprint density at radius 3 is 2.80 bits per heavy atom. The van der Waals surface area contributed by atoms with Gasteiger partial charge >= 0.3 is 0 Å². The van der Waals surface area contributed by atoms with Crippen molar-refractivity contribution >= 4 is 0 Å². The number of aromatic nitrogens is 2. The fraction of sp³-hybridized carbons (Fsp3) is 0.438. The molecular formula is C16H23N3O. The zero-order chi connectivity index (χ0) is 14.4. The van der Waals surface area contributed by atoms with E-state index in [1.165, 1.54) is 17.5 Å². The minimum Gasteiger partial charge on any atom is -0.496 e. The minimum absolute atomic E-state index is 0.796. The van der Waals surface area contributed by atoms with Crippen molar-refractivity contribution in [2.24, 2.45) is 0 Å². The lowest BCUT2D eigenvalue weighted by molar-refractivity contribution is 0.399. The lowest BCUT2D eigenvalue weighted by Crippen LogP contribution is -2.13. The molecule has 0 spiro atoms. The monoisotopic (exact) mass is 273 g/mol. The largest absolute Gasteiger partial charge is 0.496 e. The molecule has 0 bridgehead atoms. The van der Waals surface area contributed by atoms with Crippen molar-refractivity contribution in [1.82, 2.24) is 14.5 Å². The highest BCUT2D eigenvalue weighted by Crippen LogP contribution is 2.21. The van der Waals surface area contributed by atoms with Crippen LogP contribution < -0.4 is 4.74 Å². The second kappa shape index (κ2) is 7.10. The van der Waals surface area contributed by atoms with Crippen LogP contribution in [0.3, 0.4) is 0 Å². The Kier molecular flexibility index (Phi) is 5.18. The highest BCUT2D eigenvalue weighted by molar-refractivity contribution is 5.37. The summed E-state index contributed by atoms with van der Waals surface area (Å²) >= 11 is 0. The highest BCUT2D eigenvalue weighted by atomic mass is 16.5. The fourth-order valence-corrected chi connectivity index (χ4v) is 2.29. The van der Waals surface area contributed by atoms with Gasteiger partial charge in [-0.2, -0.15) is 0 Å². The van der Waals surface area contributed by atoms with Gasteiger partial charge in [-0.15, -0.1) is 0 Å². The van der Waals surface area contributed by atoms with E-state index in [0.29, 0.717) is 0 Å². The summed E-state index contributed by atoms with van der Waals surface area (Å²) in [6.07, 6.45) is 7.87. The molecule has 0 atom stereocenters. The molecule has 0 amide bonds. The summed E-state index contributed by atoms with van der Waals surface area (Å²) in [5.41, 5.74) is 2.57. The quantitative estimate of drug-likeness (QED) is 0.776. The topological polar surface area (TPSA) is 30.3 Å². The molecule has 0 aliphatic heterocycles. The standard InChI is InChI=1S/C16H23N3O/c1-18(2)9-4-5-14-6-7-16(20-3)15(11-14)12-19-10-8-17-13-19/h6-8,10-11,13H,4-5,9,12H2,1-3H3. The molecule has 1 aromatic carbocycles. The molecule has 0 aliphatic carbocycles. The van der Waals surface area contributed by atoms with Crippen LogP contribution in [-0.4, -0.2) is 42.2 Å². The van der Waals surface area contributed by atoms with Gasteiger partial charge in [0.2, 0.25) is 0 Å². The van der Waals surface area contributed by atoms with E-state index >= 15 is 0 Å². The number of hydrogen-bond donors (Lipinski definition) is 0. The third-order valence-electron chi connectivity index (χ3n) is 3.33. The first-order valence-electron chi connectivity index (χ1n) is 6.95. The summed E-state index contributed by atoms with van der Waals surface area (Å²) in [4.78, 5) is 6.30. The first-order valence-corrected chi connectivity index (χ1v) is 6.95. The predicted molar refractivity (Wildman–Crippen MR) is 81.2 cm³/mol. The van der Waals surface area contributed by atoms with Crippen molar-refractivity contribution in [3.63, 3.8) is 0 Å². The average molecular weight is 273 g/mol. The van der Waals surface area contributed by atoms with Crippen LogP contribution in [0.1, 0.15) is 17.5 Å². The van der Waals surface area contributed by atoms with Crippen LogP contribution in [0, 0.1) is 0 Å². The van der Waals surface area contributed by atoms with Crippen molar-refractivity contribution in [3.8, 4) is 5.75 Å². The number of ether oxygens (including phenoxy) is 1. The zero-order valence-electron chi connectivity index (χ0n) is 12.5. The van der Waals surface area contributed by atoms with Crippen molar-refractivity contribution in [2.45, 2.75) is 19.4 Å². The molecule has 0 saturated carbocycles. The molecule has 20 heavy (non-hydrogen) atoms. The normalized spacial score (nSPS) is 11.0. The van der Waals surface area contributed by atoms with Crippen LogP contribution in [0.5, 0.6) is 5.75 Å². The smallest absolute Gasteiger partial charge is 0.123 e. The first kappa shape index (κ1) is 14.6. The molecule has 1 aromatic heterocycles. The molecular weight excluding hydrogens is 250 g/mol. The van der Waals surface area contributed by atoms with E-state index in [4.69, 9.17) is 4.74 Å². The molecule has 108 valence electrons. The third-order valence-corrected chi connectivity index (χ3v) is 3.33. The number of imidazole rings is 1. The van der Waals surface area contributed by atoms with E-state index in [9.17, 15) is 0 Å². The lowest BCUT2D eigenvalue weighted by Gasteiger charge is -2.13. The van der Waals surface area contributed by atoms with Gasteiger partial charge in [0.05, 0.1) is 20.0 Å². The Balaban J connectivity index is 2.07. The van der Waals surface area contributed by atoms with E-state index in [0.717, 1.165) is 25.3 Å². The van der Waals surface area contributed by atoms with Gasteiger partial charge in [-0.3, -0.25) is 0 Å². The molecule has 1 heterocycles. The summed E-state index contributed by atoms with van der Waals surface area (Å²) in [6.45, 7) is 1.91. The summed E-state index contributed by atoms with van der Waals surface area (Å²) in [5.74, 6) is 0.940. The van der Waals surface area contributed by atoms with Gasteiger partial charge in [0, 0.05) is 18.0 Å². The van der Waals surface area contributed by atoms with Crippen LogP contribution in [0.4, 0.5) is 0 Å². The maximum Gasteiger partial charge on any atom is 0.123 e. The number of rotatable bonds is 7. The number of hydrogen-bond acceptors (Lipinski definition) is 3. The Morgan fingerprint density at radius 1 is 1.30 bits per heavy atom. The van der Waals surface area contributed by atoms with Crippen molar-refractivity contribution in [1.29, 1.82) is 0 Å². The fourth-order valence-electron chi connectivity index (χ4n) is 2.29. The van der Waals surface area contributed by atoms with E-state index in [1.807, 2.05) is 12.5 Å². The van der Waals surface area contributed by atoms with Gasteiger partial charge in [0.1, 0.15) is 5.75 Å². The SMILES string of the molecule is COc1ccc(CCCN(C)C)cc1Cn1ccnc1. The van der Waals surface area contributed by atoms with E-state index < -0.39 is 0 Å². The summed E-state index contributed by atoms with van der Waals surface area (Å²) in [7, 11) is 5.94. The maximum atomic E-state index is 5.45. The molecule has 0 fully saturated rings. The average Bonchev–Trinajstić information content (AvgIpc) is 2.91. The molecule has 0 unspecified atom stereocenters.